The van der Waals surface area contributed by atoms with Crippen LogP contribution in [0, 0.1) is 0 Å². The highest BCUT2D eigenvalue weighted by atomic mass is 16.1. The number of amides is 1. The summed E-state index contributed by atoms with van der Waals surface area (Å²) in [4.78, 5) is 12.3. The molecular weight excluding hydrogens is 274 g/mol. The van der Waals surface area contributed by atoms with Crippen molar-refractivity contribution >= 4 is 5.91 Å². The zero-order valence-corrected chi connectivity index (χ0v) is 12.6. The molecule has 0 spiro atoms. The van der Waals surface area contributed by atoms with Crippen LogP contribution in [-0.2, 0) is 5.41 Å². The molecule has 0 atom stereocenters. The maximum atomic E-state index is 12.3. The van der Waals surface area contributed by atoms with Gasteiger partial charge in [-0.2, -0.15) is 5.10 Å². The smallest absolute Gasteiger partial charge is 0.271 e. The molecule has 114 valence electrons. The van der Waals surface area contributed by atoms with Gasteiger partial charge in [0.1, 0.15) is 5.69 Å². The van der Waals surface area contributed by atoms with Crippen LogP contribution in [0.1, 0.15) is 59.8 Å². The van der Waals surface area contributed by atoms with E-state index in [0.717, 1.165) is 18.5 Å². The van der Waals surface area contributed by atoms with Crippen molar-refractivity contribution in [2.24, 2.45) is 0 Å². The van der Waals surface area contributed by atoms with Crippen molar-refractivity contribution in [1.29, 1.82) is 0 Å². The fraction of sp³-hybridized carbons (Fsp3) is 0.444. The SMILES string of the molecule is O=C(NCC1(c2ccccc2)CCC1)c1cc(C2CC2)[nH]n1. The molecule has 1 heterocycles. The van der Waals surface area contributed by atoms with Gasteiger partial charge in [-0.15, -0.1) is 0 Å². The quantitative estimate of drug-likeness (QED) is 0.890. The molecule has 4 heteroatoms. The van der Waals surface area contributed by atoms with Crippen LogP contribution in [0.25, 0.3) is 0 Å². The first-order valence-electron chi connectivity index (χ1n) is 8.16. The maximum absolute atomic E-state index is 12.3. The molecule has 0 unspecified atom stereocenters. The molecule has 4 nitrogen and oxygen atoms in total. The Morgan fingerprint density at radius 2 is 2.05 bits per heavy atom. The minimum Gasteiger partial charge on any atom is -0.350 e. The maximum Gasteiger partial charge on any atom is 0.271 e. The number of hydrogen-bond donors (Lipinski definition) is 2. The van der Waals surface area contributed by atoms with Gasteiger partial charge in [-0.05, 0) is 37.3 Å². The Hall–Kier alpha value is -2.10. The number of H-pyrrole nitrogens is 1. The Balaban J connectivity index is 1.43. The number of hydrogen-bond acceptors (Lipinski definition) is 2. The third-order valence-corrected chi connectivity index (χ3v) is 5.13. The van der Waals surface area contributed by atoms with Crippen LogP contribution in [-0.4, -0.2) is 22.6 Å². The molecule has 0 radical (unpaired) electrons. The summed E-state index contributed by atoms with van der Waals surface area (Å²) in [6, 6.07) is 12.4. The van der Waals surface area contributed by atoms with E-state index in [-0.39, 0.29) is 11.3 Å². The van der Waals surface area contributed by atoms with Crippen LogP contribution in [0.15, 0.2) is 36.4 Å². The fourth-order valence-electron chi connectivity index (χ4n) is 3.36. The van der Waals surface area contributed by atoms with Crippen molar-refractivity contribution < 1.29 is 4.79 Å². The number of benzene rings is 1. The van der Waals surface area contributed by atoms with Gasteiger partial charge in [-0.25, -0.2) is 0 Å². The number of nitrogens with zero attached hydrogens (tertiary/aromatic N) is 1. The highest BCUT2D eigenvalue weighted by Crippen LogP contribution is 2.43. The monoisotopic (exact) mass is 295 g/mol. The Morgan fingerprint density at radius 3 is 2.68 bits per heavy atom. The van der Waals surface area contributed by atoms with Gasteiger partial charge in [0.25, 0.3) is 5.91 Å². The molecule has 1 aromatic heterocycles. The van der Waals surface area contributed by atoms with E-state index in [2.05, 4.69) is 39.8 Å². The summed E-state index contributed by atoms with van der Waals surface area (Å²) in [5.41, 5.74) is 3.07. The zero-order chi connectivity index (χ0) is 15.0. The molecule has 1 aromatic carbocycles. The lowest BCUT2D eigenvalue weighted by molar-refractivity contribution is 0.0923. The van der Waals surface area contributed by atoms with Crippen LogP contribution >= 0.6 is 0 Å². The number of carbonyl (C=O) groups is 1. The highest BCUT2D eigenvalue weighted by Gasteiger charge is 2.38. The topological polar surface area (TPSA) is 57.8 Å². The number of rotatable bonds is 5. The van der Waals surface area contributed by atoms with Crippen molar-refractivity contribution in [3.63, 3.8) is 0 Å². The van der Waals surface area contributed by atoms with Gasteiger partial charge in [0.2, 0.25) is 0 Å². The van der Waals surface area contributed by atoms with Gasteiger partial charge in [0.05, 0.1) is 0 Å². The van der Waals surface area contributed by atoms with E-state index in [1.165, 1.54) is 24.8 Å². The lowest BCUT2D eigenvalue weighted by Crippen LogP contribution is -2.45. The summed E-state index contributed by atoms with van der Waals surface area (Å²) in [5, 5.41) is 10.2. The predicted octanol–water partition coefficient (Wildman–Crippen LogP) is 3.14. The van der Waals surface area contributed by atoms with Gasteiger partial charge < -0.3 is 5.32 Å². The molecule has 2 aliphatic rings. The van der Waals surface area contributed by atoms with Crippen molar-refractivity contribution in [2.45, 2.75) is 43.4 Å². The Labute approximate surface area is 130 Å². The molecule has 0 saturated heterocycles. The zero-order valence-electron chi connectivity index (χ0n) is 12.6. The van der Waals surface area contributed by atoms with Gasteiger partial charge in [-0.3, -0.25) is 9.89 Å². The first-order chi connectivity index (χ1) is 10.8. The van der Waals surface area contributed by atoms with E-state index in [1.807, 2.05) is 12.1 Å². The van der Waals surface area contributed by atoms with Crippen molar-refractivity contribution in [3.05, 3.63) is 53.3 Å². The number of aromatic nitrogens is 2. The third-order valence-electron chi connectivity index (χ3n) is 5.13. The van der Waals surface area contributed by atoms with Crippen molar-refractivity contribution in [3.8, 4) is 0 Å². The standard InChI is InChI=1S/C18H21N3O/c22-17(16-11-15(20-21-16)13-7-8-13)19-12-18(9-4-10-18)14-5-2-1-3-6-14/h1-3,5-6,11,13H,4,7-10,12H2,(H,19,22)(H,20,21). The Kier molecular flexibility index (Phi) is 3.25. The molecule has 2 saturated carbocycles. The van der Waals surface area contributed by atoms with E-state index >= 15 is 0 Å². The van der Waals surface area contributed by atoms with Gasteiger partial charge in [0.15, 0.2) is 0 Å². The summed E-state index contributed by atoms with van der Waals surface area (Å²) in [6.45, 7) is 0.696. The van der Waals surface area contributed by atoms with Crippen LogP contribution in [0.3, 0.4) is 0 Å². The molecular formula is C18H21N3O. The van der Waals surface area contributed by atoms with Crippen LogP contribution in [0.4, 0.5) is 0 Å². The molecule has 0 bridgehead atoms. The van der Waals surface area contributed by atoms with Crippen molar-refractivity contribution in [2.75, 3.05) is 6.54 Å². The molecule has 2 aromatic rings. The average Bonchev–Trinajstić information content (AvgIpc) is 3.24. The van der Waals surface area contributed by atoms with E-state index < -0.39 is 0 Å². The van der Waals surface area contributed by atoms with Gasteiger partial charge >= 0.3 is 0 Å². The summed E-state index contributed by atoms with van der Waals surface area (Å²) in [7, 11) is 0. The number of carbonyl (C=O) groups excluding carboxylic acids is 1. The third kappa shape index (κ3) is 2.43. The van der Waals surface area contributed by atoms with E-state index in [1.54, 1.807) is 0 Å². The van der Waals surface area contributed by atoms with Gasteiger partial charge in [0, 0.05) is 23.6 Å². The highest BCUT2D eigenvalue weighted by molar-refractivity contribution is 5.92. The second kappa shape index (κ2) is 5.27. The van der Waals surface area contributed by atoms with E-state index in [9.17, 15) is 4.79 Å². The summed E-state index contributed by atoms with van der Waals surface area (Å²) in [5.74, 6) is 0.529. The normalized spacial score (nSPS) is 19.5. The molecule has 2 aliphatic carbocycles. The lowest BCUT2D eigenvalue weighted by Gasteiger charge is -2.42. The van der Waals surface area contributed by atoms with Crippen LogP contribution < -0.4 is 5.32 Å². The molecule has 2 N–H and O–H groups in total. The summed E-state index contributed by atoms with van der Waals surface area (Å²) >= 11 is 0. The molecule has 1 amide bonds. The Morgan fingerprint density at radius 1 is 1.27 bits per heavy atom. The molecule has 4 rings (SSSR count). The van der Waals surface area contributed by atoms with Crippen LogP contribution in [0.2, 0.25) is 0 Å². The minimum absolute atomic E-state index is 0.0645. The molecule has 2 fully saturated rings. The summed E-state index contributed by atoms with van der Waals surface area (Å²) in [6.07, 6.45) is 5.94. The largest absolute Gasteiger partial charge is 0.350 e. The van der Waals surface area contributed by atoms with E-state index in [4.69, 9.17) is 0 Å². The summed E-state index contributed by atoms with van der Waals surface area (Å²) < 4.78 is 0. The second-order valence-electron chi connectivity index (χ2n) is 6.67. The lowest BCUT2D eigenvalue weighted by atomic mass is 9.64. The number of aromatic amines is 1. The van der Waals surface area contributed by atoms with E-state index in [0.29, 0.717) is 18.2 Å². The fourth-order valence-corrected chi connectivity index (χ4v) is 3.36. The van der Waals surface area contributed by atoms with Crippen LogP contribution in [0.5, 0.6) is 0 Å². The first-order valence-corrected chi connectivity index (χ1v) is 8.16. The molecule has 22 heavy (non-hydrogen) atoms. The first kappa shape index (κ1) is 13.6. The second-order valence-corrected chi connectivity index (χ2v) is 6.67. The molecule has 0 aliphatic heterocycles. The van der Waals surface area contributed by atoms with Gasteiger partial charge in [-0.1, -0.05) is 36.8 Å². The Bertz CT molecular complexity index is 669. The average molecular weight is 295 g/mol. The van der Waals surface area contributed by atoms with Crippen molar-refractivity contribution in [1.82, 2.24) is 15.5 Å². The minimum atomic E-state index is -0.0645. The number of nitrogens with one attached hydrogen (secondary N) is 2. The predicted molar refractivity (Wildman–Crippen MR) is 84.9 cm³/mol.